The molecule has 1 fully saturated rings. The average molecular weight is 467 g/mol. The molecule has 0 saturated carbocycles. The van der Waals surface area contributed by atoms with Gasteiger partial charge in [-0.2, -0.15) is 0 Å². The molecule has 14 heteroatoms. The number of carbonyl (C=O) groups excluding carboxylic acids is 2. The van der Waals surface area contributed by atoms with E-state index in [9.17, 15) is 19.4 Å². The molecule has 0 bridgehead atoms. The van der Waals surface area contributed by atoms with Crippen LogP contribution in [0.2, 0.25) is 18.1 Å². The van der Waals surface area contributed by atoms with E-state index in [0.29, 0.717) is 0 Å². The van der Waals surface area contributed by atoms with Crippen molar-refractivity contribution in [2.45, 2.75) is 83.4 Å². The third-order valence-corrected chi connectivity index (χ3v) is 9.91. The first-order chi connectivity index (χ1) is 13.7. The van der Waals surface area contributed by atoms with Crippen molar-refractivity contribution in [1.82, 2.24) is 0 Å². The van der Waals surface area contributed by atoms with Gasteiger partial charge in [-0.1, -0.05) is 25.9 Å². The van der Waals surface area contributed by atoms with Gasteiger partial charge in [0.15, 0.2) is 26.8 Å². The van der Waals surface area contributed by atoms with Crippen molar-refractivity contribution in [3.8, 4) is 0 Å². The molecule has 0 aromatic heterocycles. The van der Waals surface area contributed by atoms with Gasteiger partial charge in [-0.05, 0) is 23.7 Å². The lowest BCUT2D eigenvalue weighted by Gasteiger charge is -2.45. The highest BCUT2D eigenvalue weighted by Gasteiger charge is 2.51. The minimum atomic E-state index is -2.89. The zero-order valence-corrected chi connectivity index (χ0v) is 20.0. The van der Waals surface area contributed by atoms with Crippen molar-refractivity contribution in [2.75, 3.05) is 6.61 Å². The van der Waals surface area contributed by atoms with Gasteiger partial charge in [-0.3, -0.25) is 14.1 Å². The summed E-state index contributed by atoms with van der Waals surface area (Å²) in [5, 5.41) is 3.39. The summed E-state index contributed by atoms with van der Waals surface area (Å²) in [6.07, 6.45) is -4.91. The topological polar surface area (TPSA) is 170 Å². The fraction of sp³-hybridized carbons (Fsp3) is 0.875. The van der Waals surface area contributed by atoms with E-state index in [-0.39, 0.29) is 11.6 Å². The summed E-state index contributed by atoms with van der Waals surface area (Å²) in [6.45, 7) is 12.4. The van der Waals surface area contributed by atoms with Gasteiger partial charge in [0.05, 0.1) is 6.61 Å². The molecule has 0 aliphatic carbocycles. The molecule has 30 heavy (non-hydrogen) atoms. The van der Waals surface area contributed by atoms with Gasteiger partial charge in [-0.25, -0.2) is 0 Å². The molecule has 1 heterocycles. The molecule has 0 aromatic rings. The summed E-state index contributed by atoms with van der Waals surface area (Å²) in [4.78, 5) is 44.6. The lowest BCUT2D eigenvalue weighted by atomic mass is 9.97. The standard InChI is InChI=1S/C16H30N3O9PSi/c1-9(20)25-13-11(8-24-30(6,7)16(3,4)5)27-15(28-29(22)23)12(18-19-17)14(13)26-10(2)21/h11-15,22-23H,8H2,1-7H3/t11-,12+,13-,14-,15-/m1/s1. The fourth-order valence-electron chi connectivity index (χ4n) is 2.55. The Kier molecular flexibility index (Phi) is 9.65. The number of nitrogens with zero attached hydrogens (tertiary/aromatic N) is 3. The molecular weight excluding hydrogens is 437 g/mol. The second-order valence-corrected chi connectivity index (χ2v) is 13.8. The Bertz CT molecular complexity index is 667. The zero-order chi connectivity index (χ0) is 23.3. The smallest absolute Gasteiger partial charge is 0.329 e. The summed E-state index contributed by atoms with van der Waals surface area (Å²) < 4.78 is 27.5. The second-order valence-electron chi connectivity index (χ2n) is 8.32. The molecule has 0 aromatic carbocycles. The van der Waals surface area contributed by atoms with Gasteiger partial charge in [-0.15, -0.1) is 0 Å². The molecule has 0 spiro atoms. The highest BCUT2D eigenvalue weighted by molar-refractivity contribution is 7.39. The van der Waals surface area contributed by atoms with Crippen molar-refractivity contribution >= 4 is 28.9 Å². The van der Waals surface area contributed by atoms with E-state index in [1.165, 1.54) is 6.92 Å². The Morgan fingerprint density at radius 2 is 1.70 bits per heavy atom. The number of ether oxygens (including phenoxy) is 3. The van der Waals surface area contributed by atoms with E-state index in [1.54, 1.807) is 0 Å². The quantitative estimate of drug-likeness (QED) is 0.136. The van der Waals surface area contributed by atoms with Crippen LogP contribution < -0.4 is 0 Å². The number of azide groups is 1. The van der Waals surface area contributed by atoms with Crippen molar-refractivity contribution in [2.24, 2.45) is 5.11 Å². The molecule has 172 valence electrons. The highest BCUT2D eigenvalue weighted by atomic mass is 31.2. The van der Waals surface area contributed by atoms with Crippen LogP contribution in [0.25, 0.3) is 10.4 Å². The maximum absolute atomic E-state index is 11.7. The summed E-state index contributed by atoms with van der Waals surface area (Å²) in [5.74, 6) is -1.40. The molecule has 2 N–H and O–H groups in total. The Hall–Kier alpha value is -1.30. The van der Waals surface area contributed by atoms with Crippen molar-refractivity contribution in [3.05, 3.63) is 10.4 Å². The van der Waals surface area contributed by atoms with Crippen molar-refractivity contribution < 1.29 is 42.5 Å². The minimum absolute atomic E-state index is 0.0518. The summed E-state index contributed by atoms with van der Waals surface area (Å²) in [5.41, 5.74) is 8.92. The first-order valence-corrected chi connectivity index (χ1v) is 13.3. The van der Waals surface area contributed by atoms with Gasteiger partial charge < -0.3 is 28.4 Å². The molecule has 12 nitrogen and oxygen atoms in total. The Labute approximate surface area is 177 Å². The zero-order valence-electron chi connectivity index (χ0n) is 18.1. The van der Waals surface area contributed by atoms with Crippen molar-refractivity contribution in [1.29, 1.82) is 0 Å². The maximum Gasteiger partial charge on any atom is 0.329 e. The number of esters is 2. The number of carbonyl (C=O) groups is 2. The molecular formula is C16H30N3O9PSi. The summed E-state index contributed by atoms with van der Waals surface area (Å²) >= 11 is 0. The van der Waals surface area contributed by atoms with Crippen LogP contribution in [0, 0.1) is 0 Å². The fourth-order valence-corrected chi connectivity index (χ4v) is 3.93. The predicted octanol–water partition coefficient (Wildman–Crippen LogP) is 2.50. The van der Waals surface area contributed by atoms with E-state index >= 15 is 0 Å². The van der Waals surface area contributed by atoms with Gasteiger partial charge in [0.25, 0.3) is 0 Å². The third kappa shape index (κ3) is 7.43. The van der Waals surface area contributed by atoms with Crippen LogP contribution in [-0.2, 0) is 32.7 Å². The summed E-state index contributed by atoms with van der Waals surface area (Å²) in [7, 11) is -5.13. The van der Waals surface area contributed by atoms with Crippen LogP contribution in [0.4, 0.5) is 0 Å². The van der Waals surface area contributed by atoms with Gasteiger partial charge >= 0.3 is 20.5 Å². The van der Waals surface area contributed by atoms with E-state index < -0.39 is 59.5 Å². The van der Waals surface area contributed by atoms with Crippen LogP contribution in [0.3, 0.4) is 0 Å². The van der Waals surface area contributed by atoms with Crippen LogP contribution in [0.1, 0.15) is 34.6 Å². The molecule has 0 unspecified atom stereocenters. The van der Waals surface area contributed by atoms with E-state index in [0.717, 1.165) is 6.92 Å². The third-order valence-electron chi connectivity index (χ3n) is 5.02. The predicted molar refractivity (Wildman–Crippen MR) is 108 cm³/mol. The van der Waals surface area contributed by atoms with Gasteiger partial charge in [0.1, 0.15) is 12.1 Å². The molecule has 1 aliphatic heterocycles. The Morgan fingerprint density at radius 1 is 1.17 bits per heavy atom. The number of hydrogen-bond donors (Lipinski definition) is 2. The van der Waals surface area contributed by atoms with Gasteiger partial charge in [0, 0.05) is 18.8 Å². The molecule has 1 saturated heterocycles. The van der Waals surface area contributed by atoms with Crippen molar-refractivity contribution in [3.63, 3.8) is 0 Å². The minimum Gasteiger partial charge on any atom is -0.458 e. The lowest BCUT2D eigenvalue weighted by molar-refractivity contribution is -0.251. The first kappa shape index (κ1) is 26.7. The highest BCUT2D eigenvalue weighted by Crippen LogP contribution is 2.39. The van der Waals surface area contributed by atoms with Gasteiger partial charge in [0.2, 0.25) is 0 Å². The van der Waals surface area contributed by atoms with Crippen LogP contribution >= 0.6 is 8.60 Å². The number of hydrogen-bond acceptors (Lipinski definition) is 10. The first-order valence-electron chi connectivity index (χ1n) is 9.22. The molecule has 1 rings (SSSR count). The van der Waals surface area contributed by atoms with E-state index in [4.69, 9.17) is 28.7 Å². The molecule has 0 radical (unpaired) electrons. The van der Waals surface area contributed by atoms with Crippen LogP contribution in [0.5, 0.6) is 0 Å². The average Bonchev–Trinajstić information content (AvgIpc) is 2.56. The molecule has 1 aliphatic rings. The maximum atomic E-state index is 11.7. The van der Waals surface area contributed by atoms with Crippen LogP contribution in [0.15, 0.2) is 5.11 Å². The monoisotopic (exact) mass is 467 g/mol. The SMILES string of the molecule is CC(=O)O[C@@H]1[C@H](N=[N+]=[N-])[C@@H](OP(O)O)O[C@H](CO[Si](C)(C)C(C)(C)C)[C@H]1OC(C)=O. The Morgan fingerprint density at radius 3 is 2.13 bits per heavy atom. The second kappa shape index (κ2) is 10.8. The molecule has 5 atom stereocenters. The van der Waals surface area contributed by atoms with Crippen LogP contribution in [-0.4, -0.2) is 67.3 Å². The molecule has 0 amide bonds. The normalized spacial score (nSPS) is 27.3. The summed E-state index contributed by atoms with van der Waals surface area (Å²) in [6, 6.07) is -1.34. The largest absolute Gasteiger partial charge is 0.458 e. The van der Waals surface area contributed by atoms with E-state index in [2.05, 4.69) is 10.0 Å². The lowest BCUT2D eigenvalue weighted by Crippen LogP contribution is -2.61. The Balaban J connectivity index is 3.31. The van der Waals surface area contributed by atoms with E-state index in [1.807, 2.05) is 33.9 Å². The number of rotatable bonds is 8.